The third-order valence-corrected chi connectivity index (χ3v) is 6.41. The van der Waals surface area contributed by atoms with Crippen molar-refractivity contribution >= 4 is 28.4 Å². The molecule has 0 bridgehead atoms. The summed E-state index contributed by atoms with van der Waals surface area (Å²) in [7, 11) is 0. The Morgan fingerprint density at radius 1 is 1.18 bits per heavy atom. The number of anilines is 2. The summed E-state index contributed by atoms with van der Waals surface area (Å²) in [4.78, 5) is 21.1. The van der Waals surface area contributed by atoms with Crippen LogP contribution < -0.4 is 20.7 Å². The highest BCUT2D eigenvalue weighted by Crippen LogP contribution is 2.34. The average molecular weight is 525 g/mol. The lowest BCUT2D eigenvalue weighted by Crippen LogP contribution is -2.41. The highest BCUT2D eigenvalue weighted by Gasteiger charge is 2.30. The number of hydrogen-bond donors (Lipinski definition) is 3. The molecule has 1 atom stereocenters. The molecule has 4 aromatic rings. The lowest BCUT2D eigenvalue weighted by molar-refractivity contribution is -0.137. The van der Waals surface area contributed by atoms with E-state index in [-0.39, 0.29) is 17.7 Å². The van der Waals surface area contributed by atoms with Crippen LogP contribution in [0.15, 0.2) is 61.1 Å². The van der Waals surface area contributed by atoms with Crippen molar-refractivity contribution in [1.82, 2.24) is 25.2 Å². The molecule has 0 spiro atoms. The molecule has 2 aromatic carbocycles. The molecular formula is C27H27F3N6O2. The third kappa shape index (κ3) is 5.72. The van der Waals surface area contributed by atoms with Crippen LogP contribution in [0.3, 0.4) is 0 Å². The van der Waals surface area contributed by atoms with Gasteiger partial charge < -0.3 is 25.3 Å². The molecule has 0 radical (unpaired) electrons. The van der Waals surface area contributed by atoms with Gasteiger partial charge in [-0.2, -0.15) is 13.2 Å². The largest absolute Gasteiger partial charge is 0.457 e. The minimum Gasteiger partial charge on any atom is -0.457 e. The number of aryl methyl sites for hydroxylation is 1. The number of amides is 1. The number of halogens is 3. The number of fused-ring (bicyclic) bond motifs is 1. The van der Waals surface area contributed by atoms with Gasteiger partial charge in [0.1, 0.15) is 23.3 Å². The standard InChI is InChI=1S/C27H27F3N6O2/c1-17-14-19(7-8-23(17)38-20-5-2-4-18(15-20)27(28,29)30)35-25-24-21(33-16-34-25)9-12-36(24)13-11-32-26(37)22-6-3-10-31-22/h2,4-5,7-9,12,14-16,22,31H,3,6,10-11,13H2,1H3,(H,32,37)(H,33,34,35). The van der Waals surface area contributed by atoms with Gasteiger partial charge in [0.2, 0.25) is 5.91 Å². The summed E-state index contributed by atoms with van der Waals surface area (Å²) in [5, 5.41) is 9.48. The molecular weight excluding hydrogens is 497 g/mol. The van der Waals surface area contributed by atoms with Gasteiger partial charge in [-0.25, -0.2) is 9.97 Å². The van der Waals surface area contributed by atoms with Gasteiger partial charge in [0, 0.05) is 25.0 Å². The molecule has 1 aliphatic heterocycles. The quantitative estimate of drug-likeness (QED) is 0.295. The number of carbonyl (C=O) groups excluding carboxylic acids is 1. The zero-order valence-corrected chi connectivity index (χ0v) is 20.7. The van der Waals surface area contributed by atoms with Crippen molar-refractivity contribution in [3.05, 3.63) is 72.2 Å². The lowest BCUT2D eigenvalue weighted by Gasteiger charge is -2.15. The van der Waals surface area contributed by atoms with E-state index in [1.54, 1.807) is 12.1 Å². The summed E-state index contributed by atoms with van der Waals surface area (Å²) in [6, 6.07) is 11.8. The maximum Gasteiger partial charge on any atom is 0.416 e. The second kappa shape index (κ2) is 10.7. The van der Waals surface area contributed by atoms with Crippen molar-refractivity contribution in [3.63, 3.8) is 0 Å². The Balaban J connectivity index is 1.29. The smallest absolute Gasteiger partial charge is 0.416 e. The molecule has 38 heavy (non-hydrogen) atoms. The van der Waals surface area contributed by atoms with E-state index in [0.717, 1.165) is 53.8 Å². The average Bonchev–Trinajstić information content (AvgIpc) is 3.57. The van der Waals surface area contributed by atoms with E-state index in [4.69, 9.17) is 4.74 Å². The van der Waals surface area contributed by atoms with Crippen molar-refractivity contribution in [2.75, 3.05) is 18.4 Å². The van der Waals surface area contributed by atoms with Crippen LogP contribution in [0.2, 0.25) is 0 Å². The minimum absolute atomic E-state index is 0.0106. The molecule has 1 unspecified atom stereocenters. The molecule has 198 valence electrons. The second-order valence-electron chi connectivity index (χ2n) is 9.14. The van der Waals surface area contributed by atoms with Crippen LogP contribution in [0.1, 0.15) is 24.0 Å². The van der Waals surface area contributed by atoms with E-state index >= 15 is 0 Å². The number of rotatable bonds is 8. The lowest BCUT2D eigenvalue weighted by atomic mass is 10.2. The summed E-state index contributed by atoms with van der Waals surface area (Å²) < 4.78 is 46.8. The van der Waals surface area contributed by atoms with Crippen molar-refractivity contribution in [2.24, 2.45) is 0 Å². The number of benzene rings is 2. The van der Waals surface area contributed by atoms with Crippen molar-refractivity contribution in [1.29, 1.82) is 0 Å². The molecule has 0 saturated carbocycles. The molecule has 3 N–H and O–H groups in total. The van der Waals surface area contributed by atoms with Gasteiger partial charge in [0.25, 0.3) is 0 Å². The van der Waals surface area contributed by atoms with Crippen molar-refractivity contribution < 1.29 is 22.7 Å². The van der Waals surface area contributed by atoms with E-state index in [1.165, 1.54) is 18.5 Å². The number of alkyl halides is 3. The number of nitrogens with zero attached hydrogens (tertiary/aromatic N) is 3. The highest BCUT2D eigenvalue weighted by atomic mass is 19.4. The molecule has 1 amide bonds. The highest BCUT2D eigenvalue weighted by molar-refractivity contribution is 5.88. The van der Waals surface area contributed by atoms with E-state index in [0.29, 0.717) is 24.7 Å². The number of aromatic nitrogens is 3. The first-order valence-corrected chi connectivity index (χ1v) is 12.3. The first-order chi connectivity index (χ1) is 18.3. The van der Waals surface area contributed by atoms with E-state index in [1.807, 2.05) is 29.8 Å². The Morgan fingerprint density at radius 2 is 2.05 bits per heavy atom. The normalized spacial score (nSPS) is 15.5. The Labute approximate surface area is 217 Å². The fraction of sp³-hybridized carbons (Fsp3) is 0.296. The molecule has 1 aliphatic rings. The summed E-state index contributed by atoms with van der Waals surface area (Å²) in [5.74, 6) is 1.15. The van der Waals surface area contributed by atoms with Gasteiger partial charge in [-0.15, -0.1) is 0 Å². The number of ether oxygens (including phenoxy) is 1. The van der Waals surface area contributed by atoms with Gasteiger partial charge in [0.05, 0.1) is 17.1 Å². The van der Waals surface area contributed by atoms with Crippen LogP contribution in [0.25, 0.3) is 11.0 Å². The van der Waals surface area contributed by atoms with Gasteiger partial charge in [-0.3, -0.25) is 4.79 Å². The Bertz CT molecular complexity index is 1450. The van der Waals surface area contributed by atoms with E-state index < -0.39 is 11.7 Å². The first-order valence-electron chi connectivity index (χ1n) is 12.3. The fourth-order valence-corrected chi connectivity index (χ4v) is 4.48. The maximum absolute atomic E-state index is 13.0. The van der Waals surface area contributed by atoms with Gasteiger partial charge in [0.15, 0.2) is 5.82 Å². The molecule has 11 heteroatoms. The molecule has 3 heterocycles. The van der Waals surface area contributed by atoms with E-state index in [2.05, 4.69) is 25.9 Å². The number of hydrogen-bond acceptors (Lipinski definition) is 6. The zero-order valence-electron chi connectivity index (χ0n) is 20.7. The summed E-state index contributed by atoms with van der Waals surface area (Å²) in [6.45, 7) is 3.70. The third-order valence-electron chi connectivity index (χ3n) is 6.41. The molecule has 2 aromatic heterocycles. The molecule has 1 fully saturated rings. The zero-order chi connectivity index (χ0) is 26.7. The number of carbonyl (C=O) groups is 1. The number of nitrogens with one attached hydrogen (secondary N) is 3. The Kier molecular flexibility index (Phi) is 7.19. The Hall–Kier alpha value is -4.12. The van der Waals surface area contributed by atoms with Crippen LogP contribution >= 0.6 is 0 Å². The van der Waals surface area contributed by atoms with Crippen LogP contribution in [-0.4, -0.2) is 39.6 Å². The molecule has 0 aliphatic carbocycles. The predicted molar refractivity (Wildman–Crippen MR) is 138 cm³/mol. The van der Waals surface area contributed by atoms with Gasteiger partial charge >= 0.3 is 6.18 Å². The minimum atomic E-state index is -4.44. The topological polar surface area (TPSA) is 93.1 Å². The summed E-state index contributed by atoms with van der Waals surface area (Å²) in [6.07, 6.45) is 0.789. The van der Waals surface area contributed by atoms with Crippen LogP contribution in [0, 0.1) is 6.92 Å². The van der Waals surface area contributed by atoms with Gasteiger partial charge in [-0.05, 0) is 74.3 Å². The summed E-state index contributed by atoms with van der Waals surface area (Å²) >= 11 is 0. The van der Waals surface area contributed by atoms with Crippen molar-refractivity contribution in [2.45, 2.75) is 38.5 Å². The SMILES string of the molecule is Cc1cc(Nc2ncnc3ccn(CCNC(=O)C4CCCN4)c23)ccc1Oc1cccc(C(F)(F)F)c1. The molecule has 5 rings (SSSR count). The van der Waals surface area contributed by atoms with Crippen LogP contribution in [0.5, 0.6) is 11.5 Å². The molecule has 8 nitrogen and oxygen atoms in total. The first kappa shape index (κ1) is 25.5. The molecule has 1 saturated heterocycles. The van der Waals surface area contributed by atoms with Crippen LogP contribution in [0.4, 0.5) is 24.7 Å². The van der Waals surface area contributed by atoms with Crippen molar-refractivity contribution in [3.8, 4) is 11.5 Å². The van der Waals surface area contributed by atoms with E-state index in [9.17, 15) is 18.0 Å². The fourth-order valence-electron chi connectivity index (χ4n) is 4.48. The second-order valence-corrected chi connectivity index (χ2v) is 9.14. The Morgan fingerprint density at radius 3 is 2.82 bits per heavy atom. The maximum atomic E-state index is 13.0. The summed E-state index contributed by atoms with van der Waals surface area (Å²) in [5.41, 5.74) is 2.25. The van der Waals surface area contributed by atoms with Gasteiger partial charge in [-0.1, -0.05) is 6.07 Å². The van der Waals surface area contributed by atoms with Crippen LogP contribution in [-0.2, 0) is 17.5 Å². The predicted octanol–water partition coefficient (Wildman–Crippen LogP) is 5.16. The monoisotopic (exact) mass is 524 g/mol.